The molecular weight excluding hydrogens is 254 g/mol. The van der Waals surface area contributed by atoms with E-state index in [4.69, 9.17) is 5.73 Å². The summed E-state index contributed by atoms with van der Waals surface area (Å²) in [6.07, 6.45) is 3.75. The fourth-order valence-electron chi connectivity index (χ4n) is 2.98. The summed E-state index contributed by atoms with van der Waals surface area (Å²) < 4.78 is 0. The minimum absolute atomic E-state index is 0.0128. The molecule has 1 heterocycles. The average molecular weight is 273 g/mol. The summed E-state index contributed by atoms with van der Waals surface area (Å²) in [5.74, 6) is -0.184. The highest BCUT2D eigenvalue weighted by Crippen LogP contribution is 2.29. The summed E-state index contributed by atoms with van der Waals surface area (Å²) >= 11 is 0. The van der Waals surface area contributed by atoms with Gasteiger partial charge in [-0.3, -0.25) is 4.79 Å². The predicted molar refractivity (Wildman–Crippen MR) is 78.5 cm³/mol. The van der Waals surface area contributed by atoms with Crippen LogP contribution in [0.1, 0.15) is 36.2 Å². The van der Waals surface area contributed by atoms with E-state index in [2.05, 4.69) is 10.3 Å². The first-order chi connectivity index (χ1) is 9.63. The van der Waals surface area contributed by atoms with Crippen molar-refractivity contribution >= 4 is 22.5 Å². The number of anilines is 1. The number of H-pyrrole nitrogens is 1. The Morgan fingerprint density at radius 2 is 2.15 bits per heavy atom. The zero-order valence-electron chi connectivity index (χ0n) is 11.3. The number of hydrogen-bond donors (Lipinski definition) is 4. The van der Waals surface area contributed by atoms with E-state index in [-0.39, 0.29) is 12.5 Å². The maximum Gasteiger partial charge on any atom is 0.268 e. The van der Waals surface area contributed by atoms with Crippen LogP contribution in [0.3, 0.4) is 0 Å². The van der Waals surface area contributed by atoms with E-state index in [1.54, 1.807) is 12.1 Å². The molecule has 3 rings (SSSR count). The molecule has 1 fully saturated rings. The number of carbonyl (C=O) groups excluding carboxylic acids is 1. The summed E-state index contributed by atoms with van der Waals surface area (Å²) in [6, 6.07) is 7.36. The molecule has 5 N–H and O–H groups in total. The molecule has 20 heavy (non-hydrogen) atoms. The molecule has 1 aromatic heterocycles. The Kier molecular flexibility index (Phi) is 3.14. The summed E-state index contributed by atoms with van der Waals surface area (Å²) in [6.45, 7) is -0.0128. The topological polar surface area (TPSA) is 91.1 Å². The third-order valence-corrected chi connectivity index (χ3v) is 4.18. The van der Waals surface area contributed by atoms with Gasteiger partial charge in [0, 0.05) is 5.39 Å². The number of nitrogen functional groups attached to an aromatic ring is 1. The number of fused-ring (bicyclic) bond motifs is 1. The first kappa shape index (κ1) is 13.0. The van der Waals surface area contributed by atoms with E-state index in [1.807, 2.05) is 12.1 Å². The molecule has 5 nitrogen and oxygen atoms in total. The van der Waals surface area contributed by atoms with E-state index in [1.165, 1.54) is 0 Å². The number of nitrogens with two attached hydrogens (primary N) is 1. The SMILES string of the molecule is Nc1cccc2cc(C(=O)NC3(CO)CCCC3)[nH]c12. The van der Waals surface area contributed by atoms with Gasteiger partial charge in [-0.1, -0.05) is 25.0 Å². The van der Waals surface area contributed by atoms with E-state index in [0.29, 0.717) is 11.4 Å². The molecule has 1 amide bonds. The normalized spacial score (nSPS) is 17.4. The van der Waals surface area contributed by atoms with Gasteiger partial charge in [-0.2, -0.15) is 0 Å². The lowest BCUT2D eigenvalue weighted by Gasteiger charge is -2.27. The van der Waals surface area contributed by atoms with E-state index >= 15 is 0 Å². The molecule has 1 aromatic carbocycles. The number of rotatable bonds is 3. The van der Waals surface area contributed by atoms with Crippen LogP contribution in [0, 0.1) is 0 Å². The van der Waals surface area contributed by atoms with Crippen molar-refractivity contribution < 1.29 is 9.90 Å². The number of aliphatic hydroxyl groups is 1. The van der Waals surface area contributed by atoms with Crippen LogP contribution in [0.15, 0.2) is 24.3 Å². The van der Waals surface area contributed by atoms with Gasteiger partial charge in [-0.05, 0) is 25.0 Å². The molecule has 1 aliphatic rings. The number of nitrogens with one attached hydrogen (secondary N) is 2. The third-order valence-electron chi connectivity index (χ3n) is 4.18. The van der Waals surface area contributed by atoms with Crippen molar-refractivity contribution in [3.05, 3.63) is 30.0 Å². The third kappa shape index (κ3) is 2.14. The Balaban J connectivity index is 1.87. The molecule has 1 aliphatic carbocycles. The van der Waals surface area contributed by atoms with Crippen molar-refractivity contribution in [2.75, 3.05) is 12.3 Å². The molecule has 5 heteroatoms. The van der Waals surface area contributed by atoms with Gasteiger partial charge in [0.25, 0.3) is 5.91 Å². The second kappa shape index (κ2) is 4.83. The second-order valence-corrected chi connectivity index (χ2v) is 5.59. The standard InChI is InChI=1S/C15H19N3O2/c16-11-5-3-4-10-8-12(17-13(10)11)14(20)18-15(9-19)6-1-2-7-15/h3-5,8,17,19H,1-2,6-7,9,16H2,(H,18,20). The van der Waals surface area contributed by atoms with E-state index < -0.39 is 5.54 Å². The van der Waals surface area contributed by atoms with Gasteiger partial charge in [0.2, 0.25) is 0 Å². The molecule has 1 saturated carbocycles. The molecule has 0 aliphatic heterocycles. The van der Waals surface area contributed by atoms with Crippen LogP contribution in [0.5, 0.6) is 0 Å². The lowest BCUT2D eigenvalue weighted by Crippen LogP contribution is -2.49. The molecular formula is C15H19N3O2. The zero-order valence-corrected chi connectivity index (χ0v) is 11.3. The van der Waals surface area contributed by atoms with Gasteiger partial charge >= 0.3 is 0 Å². The Morgan fingerprint density at radius 3 is 2.80 bits per heavy atom. The summed E-state index contributed by atoms with van der Waals surface area (Å²) in [7, 11) is 0. The number of hydrogen-bond acceptors (Lipinski definition) is 3. The lowest BCUT2D eigenvalue weighted by molar-refractivity contribution is 0.0834. The Hall–Kier alpha value is -2.01. The first-order valence-corrected chi connectivity index (χ1v) is 6.94. The second-order valence-electron chi connectivity index (χ2n) is 5.59. The average Bonchev–Trinajstić information content (AvgIpc) is 3.06. The number of amides is 1. The van der Waals surface area contributed by atoms with Gasteiger partial charge in [-0.15, -0.1) is 0 Å². The van der Waals surface area contributed by atoms with Gasteiger partial charge in [0.05, 0.1) is 23.3 Å². The molecule has 0 saturated heterocycles. The maximum absolute atomic E-state index is 12.4. The lowest BCUT2D eigenvalue weighted by atomic mass is 9.99. The van der Waals surface area contributed by atoms with Crippen molar-refractivity contribution in [1.29, 1.82) is 0 Å². The maximum atomic E-state index is 12.4. The number of para-hydroxylation sites is 1. The molecule has 2 aromatic rings. The minimum atomic E-state index is -0.458. The van der Waals surface area contributed by atoms with Crippen LogP contribution in [-0.2, 0) is 0 Å². The van der Waals surface area contributed by atoms with Gasteiger partial charge in [-0.25, -0.2) is 0 Å². The van der Waals surface area contributed by atoms with Gasteiger partial charge in [0.15, 0.2) is 0 Å². The van der Waals surface area contributed by atoms with E-state index in [0.717, 1.165) is 36.6 Å². The highest BCUT2D eigenvalue weighted by Gasteiger charge is 2.35. The summed E-state index contributed by atoms with van der Waals surface area (Å²) in [4.78, 5) is 15.4. The molecule has 106 valence electrons. The molecule has 0 atom stereocenters. The van der Waals surface area contributed by atoms with E-state index in [9.17, 15) is 9.90 Å². The highest BCUT2D eigenvalue weighted by atomic mass is 16.3. The molecule has 0 spiro atoms. The Bertz CT molecular complexity index is 642. The highest BCUT2D eigenvalue weighted by molar-refractivity contribution is 6.01. The van der Waals surface area contributed by atoms with Crippen molar-refractivity contribution in [2.24, 2.45) is 0 Å². The number of carbonyl (C=O) groups is 1. The minimum Gasteiger partial charge on any atom is -0.397 e. The smallest absolute Gasteiger partial charge is 0.268 e. The largest absolute Gasteiger partial charge is 0.397 e. The van der Waals surface area contributed by atoms with Crippen LogP contribution in [0.4, 0.5) is 5.69 Å². The van der Waals surface area contributed by atoms with Gasteiger partial charge < -0.3 is 21.1 Å². The molecule has 0 unspecified atom stereocenters. The fraction of sp³-hybridized carbons (Fsp3) is 0.400. The van der Waals surface area contributed by atoms with Crippen LogP contribution >= 0.6 is 0 Å². The number of aromatic nitrogens is 1. The Labute approximate surface area is 117 Å². The van der Waals surface area contributed by atoms with Crippen molar-refractivity contribution in [2.45, 2.75) is 31.2 Å². The molecule has 0 bridgehead atoms. The molecule has 0 radical (unpaired) electrons. The number of aliphatic hydroxyl groups excluding tert-OH is 1. The summed E-state index contributed by atoms with van der Waals surface area (Å²) in [5.41, 5.74) is 7.31. The predicted octanol–water partition coefficient (Wildman–Crippen LogP) is 1.78. The van der Waals surface area contributed by atoms with Crippen LogP contribution in [-0.4, -0.2) is 28.1 Å². The number of aromatic amines is 1. The van der Waals surface area contributed by atoms with Crippen LogP contribution in [0.2, 0.25) is 0 Å². The van der Waals surface area contributed by atoms with Crippen molar-refractivity contribution in [3.63, 3.8) is 0 Å². The van der Waals surface area contributed by atoms with Crippen LogP contribution < -0.4 is 11.1 Å². The van der Waals surface area contributed by atoms with Crippen molar-refractivity contribution in [1.82, 2.24) is 10.3 Å². The number of benzene rings is 1. The summed E-state index contributed by atoms with van der Waals surface area (Å²) in [5, 5.41) is 13.4. The quantitative estimate of drug-likeness (QED) is 0.642. The monoisotopic (exact) mass is 273 g/mol. The first-order valence-electron chi connectivity index (χ1n) is 6.94. The van der Waals surface area contributed by atoms with Gasteiger partial charge in [0.1, 0.15) is 5.69 Å². The van der Waals surface area contributed by atoms with Crippen molar-refractivity contribution in [3.8, 4) is 0 Å². The Morgan fingerprint density at radius 1 is 1.40 bits per heavy atom. The zero-order chi connectivity index (χ0) is 14.2. The fourth-order valence-corrected chi connectivity index (χ4v) is 2.98. The van der Waals surface area contributed by atoms with Crippen LogP contribution in [0.25, 0.3) is 10.9 Å².